The number of nitrogens with zero attached hydrogens (tertiary/aromatic N) is 1. The number of carbonyl (C=O) groups is 1. The van der Waals surface area contributed by atoms with Crippen molar-refractivity contribution in [2.75, 3.05) is 18.8 Å². The molecule has 2 amide bonds. The standard InChI is InChI=1S/C18H28N2OS/c1-5-6-11-19-17(21)20-12-13-22-16(20)14-7-9-15(10-8-14)18(2,3)4/h7-10,16H,5-6,11-13H2,1-4H3,(H,19,21). The fourth-order valence-corrected chi connectivity index (χ4v) is 3.83. The molecular weight excluding hydrogens is 292 g/mol. The second-order valence-electron chi connectivity index (χ2n) is 6.87. The maximum Gasteiger partial charge on any atom is 0.318 e. The highest BCUT2D eigenvalue weighted by atomic mass is 32.2. The number of hydrogen-bond acceptors (Lipinski definition) is 2. The molecule has 1 heterocycles. The van der Waals surface area contributed by atoms with E-state index in [-0.39, 0.29) is 16.8 Å². The Balaban J connectivity index is 2.05. The van der Waals surface area contributed by atoms with Crippen molar-refractivity contribution in [3.8, 4) is 0 Å². The molecule has 0 saturated carbocycles. The Kier molecular flexibility index (Phi) is 5.79. The molecule has 0 spiro atoms. The molecule has 1 aromatic carbocycles. The van der Waals surface area contributed by atoms with E-state index < -0.39 is 0 Å². The molecule has 1 aromatic rings. The summed E-state index contributed by atoms with van der Waals surface area (Å²) in [7, 11) is 0. The van der Waals surface area contributed by atoms with E-state index in [0.717, 1.165) is 31.7 Å². The minimum Gasteiger partial charge on any atom is -0.338 e. The van der Waals surface area contributed by atoms with Gasteiger partial charge in [0.25, 0.3) is 0 Å². The first-order chi connectivity index (χ1) is 10.4. The highest BCUT2D eigenvalue weighted by Crippen LogP contribution is 2.38. The van der Waals surface area contributed by atoms with Crippen LogP contribution in [0.4, 0.5) is 4.79 Å². The number of unbranched alkanes of at least 4 members (excludes halogenated alkanes) is 1. The molecule has 3 nitrogen and oxygen atoms in total. The molecule has 1 saturated heterocycles. The van der Waals surface area contributed by atoms with Gasteiger partial charge < -0.3 is 10.2 Å². The van der Waals surface area contributed by atoms with Gasteiger partial charge in [0, 0.05) is 18.8 Å². The van der Waals surface area contributed by atoms with Crippen LogP contribution in [-0.2, 0) is 5.41 Å². The second kappa shape index (κ2) is 7.40. The summed E-state index contributed by atoms with van der Waals surface area (Å²) in [6.45, 7) is 10.4. The summed E-state index contributed by atoms with van der Waals surface area (Å²) in [4.78, 5) is 14.3. The summed E-state index contributed by atoms with van der Waals surface area (Å²) in [6.07, 6.45) is 2.14. The normalized spacial score (nSPS) is 18.5. The summed E-state index contributed by atoms with van der Waals surface area (Å²) in [5, 5.41) is 3.18. The zero-order chi connectivity index (χ0) is 16.2. The monoisotopic (exact) mass is 320 g/mol. The van der Waals surface area contributed by atoms with Crippen molar-refractivity contribution in [3.05, 3.63) is 35.4 Å². The number of urea groups is 1. The predicted molar refractivity (Wildman–Crippen MR) is 95.4 cm³/mol. The molecule has 0 aromatic heterocycles. The SMILES string of the molecule is CCCCNC(=O)N1CCSC1c1ccc(C(C)(C)C)cc1. The number of amides is 2. The van der Waals surface area contributed by atoms with Crippen LogP contribution in [0.15, 0.2) is 24.3 Å². The van der Waals surface area contributed by atoms with E-state index in [2.05, 4.69) is 57.3 Å². The number of rotatable bonds is 4. The third-order valence-corrected chi connectivity index (χ3v) is 5.28. The van der Waals surface area contributed by atoms with Gasteiger partial charge in [0.05, 0.1) is 0 Å². The summed E-state index contributed by atoms with van der Waals surface area (Å²) in [6, 6.07) is 8.82. The molecule has 4 heteroatoms. The van der Waals surface area contributed by atoms with E-state index in [0.29, 0.717) is 0 Å². The third kappa shape index (κ3) is 4.19. The quantitative estimate of drug-likeness (QED) is 0.826. The van der Waals surface area contributed by atoms with Crippen molar-refractivity contribution in [2.24, 2.45) is 0 Å². The minimum absolute atomic E-state index is 0.0725. The average Bonchev–Trinajstić information content (AvgIpc) is 2.96. The van der Waals surface area contributed by atoms with E-state index in [9.17, 15) is 4.79 Å². The lowest BCUT2D eigenvalue weighted by Crippen LogP contribution is -2.39. The lowest BCUT2D eigenvalue weighted by Gasteiger charge is -2.25. The molecule has 22 heavy (non-hydrogen) atoms. The van der Waals surface area contributed by atoms with Crippen LogP contribution >= 0.6 is 11.8 Å². The molecule has 0 radical (unpaired) electrons. The predicted octanol–water partition coefficient (Wildman–Crippen LogP) is 4.54. The van der Waals surface area contributed by atoms with Crippen LogP contribution in [0.3, 0.4) is 0 Å². The number of carbonyl (C=O) groups excluding carboxylic acids is 1. The molecule has 1 atom stereocenters. The molecule has 1 aliphatic heterocycles. The molecule has 1 unspecified atom stereocenters. The van der Waals surface area contributed by atoms with Gasteiger partial charge in [-0.1, -0.05) is 58.4 Å². The summed E-state index contributed by atoms with van der Waals surface area (Å²) in [5.74, 6) is 1.01. The van der Waals surface area contributed by atoms with Crippen LogP contribution in [0.25, 0.3) is 0 Å². The van der Waals surface area contributed by atoms with Gasteiger partial charge in [-0.2, -0.15) is 0 Å². The highest BCUT2D eigenvalue weighted by molar-refractivity contribution is 7.99. The van der Waals surface area contributed by atoms with Crippen LogP contribution in [0, 0.1) is 0 Å². The number of hydrogen-bond donors (Lipinski definition) is 1. The maximum absolute atomic E-state index is 12.3. The Bertz CT molecular complexity index is 493. The van der Waals surface area contributed by atoms with Gasteiger partial charge in [0.2, 0.25) is 0 Å². The van der Waals surface area contributed by atoms with Crippen molar-refractivity contribution >= 4 is 17.8 Å². The van der Waals surface area contributed by atoms with E-state index in [1.54, 1.807) is 0 Å². The van der Waals surface area contributed by atoms with Crippen molar-refractivity contribution in [2.45, 2.75) is 51.3 Å². The molecule has 2 rings (SSSR count). The topological polar surface area (TPSA) is 32.3 Å². The van der Waals surface area contributed by atoms with Crippen molar-refractivity contribution in [1.29, 1.82) is 0 Å². The van der Waals surface area contributed by atoms with E-state index in [4.69, 9.17) is 0 Å². The van der Waals surface area contributed by atoms with Gasteiger partial charge in [-0.15, -0.1) is 11.8 Å². The first kappa shape index (κ1) is 17.2. The Morgan fingerprint density at radius 3 is 2.59 bits per heavy atom. The van der Waals surface area contributed by atoms with E-state index in [1.807, 2.05) is 16.7 Å². The lowest BCUT2D eigenvalue weighted by atomic mass is 9.87. The summed E-state index contributed by atoms with van der Waals surface area (Å²) < 4.78 is 0. The summed E-state index contributed by atoms with van der Waals surface area (Å²) >= 11 is 1.85. The first-order valence-corrected chi connectivity index (χ1v) is 9.25. The molecular formula is C18H28N2OS. The van der Waals surface area contributed by atoms with Gasteiger partial charge in [0.1, 0.15) is 5.37 Å². The molecule has 1 N–H and O–H groups in total. The van der Waals surface area contributed by atoms with Crippen LogP contribution in [0.2, 0.25) is 0 Å². The van der Waals surface area contributed by atoms with Gasteiger partial charge in [-0.25, -0.2) is 4.79 Å². The number of nitrogens with one attached hydrogen (secondary N) is 1. The maximum atomic E-state index is 12.3. The van der Waals surface area contributed by atoms with Crippen molar-refractivity contribution < 1.29 is 4.79 Å². The highest BCUT2D eigenvalue weighted by Gasteiger charge is 2.30. The number of thioether (sulfide) groups is 1. The van der Waals surface area contributed by atoms with Gasteiger partial charge >= 0.3 is 6.03 Å². The van der Waals surface area contributed by atoms with E-state index in [1.165, 1.54) is 11.1 Å². The first-order valence-electron chi connectivity index (χ1n) is 8.20. The van der Waals surface area contributed by atoms with Crippen molar-refractivity contribution in [3.63, 3.8) is 0 Å². The van der Waals surface area contributed by atoms with Crippen LogP contribution in [0.1, 0.15) is 57.0 Å². The van der Waals surface area contributed by atoms with Gasteiger partial charge in [-0.05, 0) is 23.0 Å². The largest absolute Gasteiger partial charge is 0.338 e. The third-order valence-electron chi connectivity index (χ3n) is 4.02. The molecule has 0 bridgehead atoms. The Morgan fingerprint density at radius 1 is 1.32 bits per heavy atom. The van der Waals surface area contributed by atoms with Gasteiger partial charge in [-0.3, -0.25) is 0 Å². The summed E-state index contributed by atoms with van der Waals surface area (Å²) in [5.41, 5.74) is 2.72. The minimum atomic E-state index is 0.0725. The molecule has 0 aliphatic carbocycles. The Morgan fingerprint density at radius 2 is 2.00 bits per heavy atom. The lowest BCUT2D eigenvalue weighted by molar-refractivity contribution is 0.200. The number of benzene rings is 1. The molecule has 1 aliphatic rings. The fraction of sp³-hybridized carbons (Fsp3) is 0.611. The van der Waals surface area contributed by atoms with Crippen LogP contribution < -0.4 is 5.32 Å². The zero-order valence-electron chi connectivity index (χ0n) is 14.2. The van der Waals surface area contributed by atoms with Crippen LogP contribution in [0.5, 0.6) is 0 Å². The van der Waals surface area contributed by atoms with Crippen LogP contribution in [-0.4, -0.2) is 29.8 Å². The van der Waals surface area contributed by atoms with Crippen molar-refractivity contribution in [1.82, 2.24) is 10.2 Å². The second-order valence-corrected chi connectivity index (χ2v) is 8.06. The molecule has 1 fully saturated rings. The average molecular weight is 321 g/mol. The Labute approximate surface area is 138 Å². The van der Waals surface area contributed by atoms with E-state index >= 15 is 0 Å². The Hall–Kier alpha value is -1.16. The van der Waals surface area contributed by atoms with Gasteiger partial charge in [0.15, 0.2) is 0 Å². The molecule has 122 valence electrons. The zero-order valence-corrected chi connectivity index (χ0v) is 15.0. The fourth-order valence-electron chi connectivity index (χ4n) is 2.58. The smallest absolute Gasteiger partial charge is 0.318 e.